The number of nitrogens with one attached hydrogen (secondary N) is 3. The Kier molecular flexibility index (Phi) is 6.82. The topological polar surface area (TPSA) is 88.2 Å². The number of carbonyl (C=O) groups excluding carboxylic acids is 1. The van der Waals surface area contributed by atoms with Crippen molar-refractivity contribution in [3.8, 4) is 5.75 Å². The van der Waals surface area contributed by atoms with Crippen LogP contribution in [0.5, 0.6) is 5.75 Å². The van der Waals surface area contributed by atoms with Crippen LogP contribution in [-0.2, 0) is 0 Å². The molecule has 0 bridgehead atoms. The first-order valence-electron chi connectivity index (χ1n) is 7.88. The van der Waals surface area contributed by atoms with E-state index in [4.69, 9.17) is 4.74 Å². The summed E-state index contributed by atoms with van der Waals surface area (Å²) in [6, 6.07) is 9.23. The van der Waals surface area contributed by atoms with Crippen molar-refractivity contribution in [3.05, 3.63) is 48.3 Å². The third kappa shape index (κ3) is 6.51. The van der Waals surface area contributed by atoms with Crippen molar-refractivity contribution in [2.75, 3.05) is 25.0 Å². The molecule has 1 heterocycles. The highest BCUT2D eigenvalue weighted by Crippen LogP contribution is 2.12. The van der Waals surface area contributed by atoms with Crippen LogP contribution in [0.2, 0.25) is 0 Å². The first-order valence-corrected chi connectivity index (χ1v) is 7.88. The van der Waals surface area contributed by atoms with Gasteiger partial charge in [-0.25, -0.2) is 14.8 Å². The van der Waals surface area contributed by atoms with Crippen LogP contribution in [0, 0.1) is 6.92 Å². The van der Waals surface area contributed by atoms with Crippen LogP contribution < -0.4 is 20.7 Å². The van der Waals surface area contributed by atoms with Crippen molar-refractivity contribution < 1.29 is 9.53 Å². The van der Waals surface area contributed by atoms with Gasteiger partial charge in [-0.2, -0.15) is 0 Å². The van der Waals surface area contributed by atoms with E-state index in [1.54, 1.807) is 18.5 Å². The summed E-state index contributed by atoms with van der Waals surface area (Å²) in [5.74, 6) is 1.34. The third-order valence-corrected chi connectivity index (χ3v) is 3.13. The number of nitrogens with zero attached hydrogens (tertiary/aromatic N) is 2. The molecule has 0 saturated heterocycles. The summed E-state index contributed by atoms with van der Waals surface area (Å²) in [6.07, 6.45) is 3.32. The Balaban J connectivity index is 1.59. The fourth-order valence-corrected chi connectivity index (χ4v) is 1.98. The van der Waals surface area contributed by atoms with Crippen molar-refractivity contribution in [2.45, 2.75) is 19.9 Å². The molecule has 0 saturated carbocycles. The van der Waals surface area contributed by atoms with Gasteiger partial charge < -0.3 is 20.7 Å². The molecular formula is C17H23N5O2. The predicted molar refractivity (Wildman–Crippen MR) is 93.2 cm³/mol. The molecule has 3 N–H and O–H groups in total. The molecular weight excluding hydrogens is 306 g/mol. The highest BCUT2D eigenvalue weighted by molar-refractivity contribution is 5.74. The van der Waals surface area contributed by atoms with Gasteiger partial charge in [0, 0.05) is 25.5 Å². The number of hydrogen-bond acceptors (Lipinski definition) is 5. The number of rotatable bonds is 8. The predicted octanol–water partition coefficient (Wildman–Crippen LogP) is 1.96. The molecule has 2 aromatic rings. The second-order valence-corrected chi connectivity index (χ2v) is 5.43. The molecule has 0 aliphatic rings. The van der Waals surface area contributed by atoms with Crippen molar-refractivity contribution in [3.63, 3.8) is 0 Å². The Labute approximate surface area is 141 Å². The summed E-state index contributed by atoms with van der Waals surface area (Å²) in [5.41, 5.74) is 1.14. The Hall–Kier alpha value is -2.83. The molecule has 1 aromatic carbocycles. The van der Waals surface area contributed by atoms with Crippen LogP contribution in [0.3, 0.4) is 0 Å². The molecule has 7 nitrogen and oxygen atoms in total. The number of ether oxygens (including phenoxy) is 1. The van der Waals surface area contributed by atoms with E-state index in [0.717, 1.165) is 11.3 Å². The second-order valence-electron chi connectivity index (χ2n) is 5.43. The molecule has 1 aromatic heterocycles. The zero-order valence-corrected chi connectivity index (χ0v) is 14.0. The summed E-state index contributed by atoms with van der Waals surface area (Å²) >= 11 is 0. The van der Waals surface area contributed by atoms with Crippen molar-refractivity contribution >= 4 is 12.0 Å². The highest BCUT2D eigenvalue weighted by Gasteiger charge is 2.07. The van der Waals surface area contributed by atoms with Gasteiger partial charge in [-0.1, -0.05) is 12.1 Å². The van der Waals surface area contributed by atoms with Gasteiger partial charge >= 0.3 is 6.03 Å². The van der Waals surface area contributed by atoms with E-state index in [-0.39, 0.29) is 12.1 Å². The van der Waals surface area contributed by atoms with Gasteiger partial charge in [-0.15, -0.1) is 0 Å². The van der Waals surface area contributed by atoms with Gasteiger partial charge in [0.15, 0.2) is 0 Å². The fourth-order valence-electron chi connectivity index (χ4n) is 1.98. The first-order chi connectivity index (χ1) is 11.6. The molecule has 0 unspecified atom stereocenters. The molecule has 0 aliphatic carbocycles. The van der Waals surface area contributed by atoms with E-state index in [9.17, 15) is 4.79 Å². The first kappa shape index (κ1) is 17.5. The normalized spacial score (nSPS) is 11.4. The quantitative estimate of drug-likeness (QED) is 0.644. The standard InChI is InChI=1S/C17H23N5O2/c1-13-5-3-6-15(11-13)24-12-14(2)22-17(23)21-10-9-20-16-18-7-4-8-19-16/h3-8,11,14H,9-10,12H2,1-2H3,(H,18,19,20)(H2,21,22,23)/t14-/m1/s1. The lowest BCUT2D eigenvalue weighted by Crippen LogP contribution is -2.44. The van der Waals surface area contributed by atoms with E-state index in [1.807, 2.05) is 38.1 Å². The van der Waals surface area contributed by atoms with E-state index in [0.29, 0.717) is 25.6 Å². The van der Waals surface area contributed by atoms with E-state index >= 15 is 0 Å². The van der Waals surface area contributed by atoms with Crippen molar-refractivity contribution in [2.24, 2.45) is 0 Å². The molecule has 128 valence electrons. The van der Waals surface area contributed by atoms with Crippen LogP contribution in [0.15, 0.2) is 42.7 Å². The molecule has 0 fully saturated rings. The monoisotopic (exact) mass is 329 g/mol. The number of amides is 2. The lowest BCUT2D eigenvalue weighted by atomic mass is 10.2. The third-order valence-electron chi connectivity index (χ3n) is 3.13. The minimum atomic E-state index is -0.230. The van der Waals surface area contributed by atoms with E-state index in [2.05, 4.69) is 25.9 Å². The van der Waals surface area contributed by atoms with Gasteiger partial charge in [0.05, 0.1) is 6.04 Å². The average molecular weight is 329 g/mol. The molecule has 0 aliphatic heterocycles. The number of benzene rings is 1. The number of anilines is 1. The van der Waals surface area contributed by atoms with Gasteiger partial charge in [0.1, 0.15) is 12.4 Å². The van der Waals surface area contributed by atoms with Gasteiger partial charge in [-0.05, 0) is 37.6 Å². The molecule has 1 atom stereocenters. The zero-order chi connectivity index (χ0) is 17.2. The Morgan fingerprint density at radius 2 is 2.00 bits per heavy atom. The highest BCUT2D eigenvalue weighted by atomic mass is 16.5. The second kappa shape index (κ2) is 9.34. The fraction of sp³-hybridized carbons (Fsp3) is 0.353. The summed E-state index contributed by atoms with van der Waals surface area (Å²) in [5, 5.41) is 8.61. The van der Waals surface area contributed by atoms with Crippen molar-refractivity contribution in [1.29, 1.82) is 0 Å². The number of aryl methyl sites for hydroxylation is 1. The number of hydrogen-bond donors (Lipinski definition) is 3. The smallest absolute Gasteiger partial charge is 0.315 e. The molecule has 2 amide bonds. The van der Waals surface area contributed by atoms with Gasteiger partial charge in [0.25, 0.3) is 0 Å². The molecule has 2 rings (SSSR count). The zero-order valence-electron chi connectivity index (χ0n) is 14.0. The van der Waals surface area contributed by atoms with E-state index in [1.165, 1.54) is 0 Å². The summed E-state index contributed by atoms with van der Waals surface area (Å²) in [7, 11) is 0. The summed E-state index contributed by atoms with van der Waals surface area (Å²) in [4.78, 5) is 19.9. The number of urea groups is 1. The molecule has 7 heteroatoms. The largest absolute Gasteiger partial charge is 0.491 e. The Morgan fingerprint density at radius 3 is 2.75 bits per heavy atom. The lowest BCUT2D eigenvalue weighted by Gasteiger charge is -2.16. The van der Waals surface area contributed by atoms with E-state index < -0.39 is 0 Å². The van der Waals surface area contributed by atoms with Crippen LogP contribution in [0.4, 0.5) is 10.7 Å². The van der Waals surface area contributed by atoms with Crippen LogP contribution in [0.1, 0.15) is 12.5 Å². The summed E-state index contributed by atoms with van der Waals surface area (Å²) < 4.78 is 5.66. The van der Waals surface area contributed by atoms with Gasteiger partial charge in [0.2, 0.25) is 5.95 Å². The molecule has 24 heavy (non-hydrogen) atoms. The van der Waals surface area contributed by atoms with Crippen LogP contribution in [0.25, 0.3) is 0 Å². The maximum absolute atomic E-state index is 11.8. The molecule has 0 radical (unpaired) electrons. The maximum atomic E-state index is 11.8. The average Bonchev–Trinajstić information content (AvgIpc) is 2.58. The molecule has 0 spiro atoms. The minimum Gasteiger partial charge on any atom is -0.491 e. The lowest BCUT2D eigenvalue weighted by molar-refractivity contribution is 0.227. The summed E-state index contributed by atoms with van der Waals surface area (Å²) in [6.45, 7) is 5.33. The number of aromatic nitrogens is 2. The SMILES string of the molecule is Cc1cccc(OC[C@@H](C)NC(=O)NCCNc2ncccn2)c1. The minimum absolute atomic E-state index is 0.101. The van der Waals surface area contributed by atoms with Gasteiger partial charge in [-0.3, -0.25) is 0 Å². The maximum Gasteiger partial charge on any atom is 0.315 e. The van der Waals surface area contributed by atoms with Crippen LogP contribution >= 0.6 is 0 Å². The Morgan fingerprint density at radius 1 is 1.21 bits per heavy atom. The van der Waals surface area contributed by atoms with Crippen LogP contribution in [-0.4, -0.2) is 41.7 Å². The number of carbonyl (C=O) groups is 1. The van der Waals surface area contributed by atoms with Crippen molar-refractivity contribution in [1.82, 2.24) is 20.6 Å². The Bertz CT molecular complexity index is 636.